The normalized spacial score (nSPS) is 14.2. The van der Waals surface area contributed by atoms with Crippen molar-refractivity contribution in [2.45, 2.75) is 39.0 Å². The summed E-state index contributed by atoms with van der Waals surface area (Å²) in [7, 11) is 0. The van der Waals surface area contributed by atoms with Gasteiger partial charge in [-0.25, -0.2) is 4.98 Å². The first kappa shape index (κ1) is 16.1. The number of amides is 1. The standard InChI is InChI=1S/C18H23N3OS/c1-12(2)13-5-6-16-14(10-13)4-3-9-21(16)18(22)15-11-23-17(20-15)7-8-19/h5-6,10-12H,3-4,7-9,19H2,1-2H3. The van der Waals surface area contributed by atoms with Gasteiger partial charge in [-0.2, -0.15) is 0 Å². The predicted molar refractivity (Wildman–Crippen MR) is 95.4 cm³/mol. The van der Waals surface area contributed by atoms with Crippen molar-refractivity contribution < 1.29 is 4.79 Å². The van der Waals surface area contributed by atoms with E-state index in [1.54, 1.807) is 0 Å². The lowest BCUT2D eigenvalue weighted by Gasteiger charge is -2.29. The van der Waals surface area contributed by atoms with Crippen LogP contribution in [0.15, 0.2) is 23.6 Å². The zero-order valence-electron chi connectivity index (χ0n) is 13.7. The number of hydrogen-bond donors (Lipinski definition) is 1. The Hall–Kier alpha value is -1.72. The molecule has 0 saturated carbocycles. The highest BCUT2D eigenvalue weighted by Crippen LogP contribution is 2.31. The van der Waals surface area contributed by atoms with Crippen LogP contribution in [0.1, 0.15) is 52.8 Å². The van der Waals surface area contributed by atoms with Gasteiger partial charge in [0.05, 0.1) is 5.01 Å². The summed E-state index contributed by atoms with van der Waals surface area (Å²) in [6.45, 7) is 5.71. The molecule has 2 aromatic rings. The van der Waals surface area contributed by atoms with Crippen molar-refractivity contribution in [1.29, 1.82) is 0 Å². The lowest BCUT2D eigenvalue weighted by atomic mass is 9.94. The fourth-order valence-electron chi connectivity index (χ4n) is 2.97. The van der Waals surface area contributed by atoms with Crippen LogP contribution in [0.5, 0.6) is 0 Å². The molecule has 0 spiro atoms. The number of nitrogens with zero attached hydrogens (tertiary/aromatic N) is 2. The molecular weight excluding hydrogens is 306 g/mol. The maximum atomic E-state index is 12.8. The van der Waals surface area contributed by atoms with Crippen molar-refractivity contribution in [1.82, 2.24) is 4.98 Å². The van der Waals surface area contributed by atoms with Crippen LogP contribution in [-0.4, -0.2) is 24.0 Å². The summed E-state index contributed by atoms with van der Waals surface area (Å²) >= 11 is 1.52. The number of nitrogens with two attached hydrogens (primary N) is 1. The molecule has 5 heteroatoms. The lowest BCUT2D eigenvalue weighted by molar-refractivity contribution is 0.0981. The van der Waals surface area contributed by atoms with Crippen LogP contribution in [0.2, 0.25) is 0 Å². The van der Waals surface area contributed by atoms with E-state index in [1.165, 1.54) is 22.5 Å². The van der Waals surface area contributed by atoms with E-state index in [0.717, 1.165) is 36.5 Å². The molecule has 122 valence electrons. The van der Waals surface area contributed by atoms with E-state index in [1.807, 2.05) is 10.3 Å². The van der Waals surface area contributed by atoms with Crippen molar-refractivity contribution in [3.05, 3.63) is 45.4 Å². The number of hydrogen-bond acceptors (Lipinski definition) is 4. The molecule has 0 unspecified atom stereocenters. The molecule has 1 aromatic heterocycles. The van der Waals surface area contributed by atoms with Gasteiger partial charge in [-0.05, 0) is 42.5 Å². The molecule has 2 heterocycles. The summed E-state index contributed by atoms with van der Waals surface area (Å²) in [6, 6.07) is 6.48. The molecule has 0 aliphatic carbocycles. The third kappa shape index (κ3) is 3.31. The molecule has 0 radical (unpaired) electrons. The topological polar surface area (TPSA) is 59.2 Å². The molecule has 3 rings (SSSR count). The van der Waals surface area contributed by atoms with E-state index in [0.29, 0.717) is 18.2 Å². The Bertz CT molecular complexity index is 708. The molecule has 0 saturated heterocycles. The largest absolute Gasteiger partial charge is 0.330 e. The Labute approximate surface area is 141 Å². The van der Waals surface area contributed by atoms with Crippen LogP contribution in [-0.2, 0) is 12.8 Å². The van der Waals surface area contributed by atoms with E-state index in [2.05, 4.69) is 37.0 Å². The van der Waals surface area contributed by atoms with Crippen LogP contribution in [0.4, 0.5) is 5.69 Å². The Morgan fingerprint density at radius 2 is 2.26 bits per heavy atom. The van der Waals surface area contributed by atoms with Gasteiger partial charge < -0.3 is 10.6 Å². The van der Waals surface area contributed by atoms with Gasteiger partial charge in [0.2, 0.25) is 0 Å². The lowest BCUT2D eigenvalue weighted by Crippen LogP contribution is -2.35. The molecule has 23 heavy (non-hydrogen) atoms. The number of aromatic nitrogens is 1. The van der Waals surface area contributed by atoms with Gasteiger partial charge in [0.25, 0.3) is 5.91 Å². The quantitative estimate of drug-likeness (QED) is 0.935. The molecule has 1 amide bonds. The van der Waals surface area contributed by atoms with Crippen LogP contribution >= 0.6 is 11.3 Å². The van der Waals surface area contributed by atoms with Crippen LogP contribution < -0.4 is 10.6 Å². The average molecular weight is 329 g/mol. The van der Waals surface area contributed by atoms with Gasteiger partial charge in [0.1, 0.15) is 5.69 Å². The van der Waals surface area contributed by atoms with E-state index in [-0.39, 0.29) is 5.91 Å². The number of thiazole rings is 1. The maximum Gasteiger partial charge on any atom is 0.277 e. The highest BCUT2D eigenvalue weighted by Gasteiger charge is 2.25. The first-order valence-corrected chi connectivity index (χ1v) is 9.07. The first-order valence-electron chi connectivity index (χ1n) is 8.19. The highest BCUT2D eigenvalue weighted by atomic mass is 32.1. The number of anilines is 1. The molecule has 0 bridgehead atoms. The SMILES string of the molecule is CC(C)c1ccc2c(c1)CCCN2C(=O)c1csc(CCN)n1. The number of carbonyl (C=O) groups excluding carboxylic acids is 1. The van der Waals surface area contributed by atoms with Gasteiger partial charge in [-0.3, -0.25) is 4.79 Å². The molecule has 1 aliphatic rings. The van der Waals surface area contributed by atoms with Crippen LogP contribution in [0.3, 0.4) is 0 Å². The zero-order chi connectivity index (χ0) is 16.4. The smallest absolute Gasteiger partial charge is 0.277 e. The number of aryl methyl sites for hydroxylation is 1. The van der Waals surface area contributed by atoms with Crippen molar-refractivity contribution in [3.8, 4) is 0 Å². The van der Waals surface area contributed by atoms with Gasteiger partial charge in [0.15, 0.2) is 0 Å². The van der Waals surface area contributed by atoms with E-state index in [4.69, 9.17) is 5.73 Å². The first-order chi connectivity index (χ1) is 11.1. The Kier molecular flexibility index (Phi) is 4.78. The van der Waals surface area contributed by atoms with Crippen molar-refractivity contribution in [3.63, 3.8) is 0 Å². The van der Waals surface area contributed by atoms with Crippen molar-refractivity contribution >= 4 is 22.9 Å². The summed E-state index contributed by atoms with van der Waals surface area (Å²) in [5.41, 5.74) is 9.75. The minimum Gasteiger partial charge on any atom is -0.330 e. The van der Waals surface area contributed by atoms with Gasteiger partial charge in [0, 0.05) is 24.0 Å². The van der Waals surface area contributed by atoms with E-state index in [9.17, 15) is 4.79 Å². The number of benzene rings is 1. The molecule has 1 aromatic carbocycles. The molecular formula is C18H23N3OS. The summed E-state index contributed by atoms with van der Waals surface area (Å²) in [5.74, 6) is 0.506. The predicted octanol–water partition coefficient (Wildman–Crippen LogP) is 3.36. The fourth-order valence-corrected chi connectivity index (χ4v) is 3.76. The van der Waals surface area contributed by atoms with Gasteiger partial charge in [-0.15, -0.1) is 11.3 Å². The fraction of sp³-hybridized carbons (Fsp3) is 0.444. The zero-order valence-corrected chi connectivity index (χ0v) is 14.5. The monoisotopic (exact) mass is 329 g/mol. The number of fused-ring (bicyclic) bond motifs is 1. The van der Waals surface area contributed by atoms with Crippen LogP contribution in [0.25, 0.3) is 0 Å². The third-order valence-corrected chi connectivity index (χ3v) is 5.17. The second-order valence-corrected chi connectivity index (χ2v) is 7.21. The highest BCUT2D eigenvalue weighted by molar-refractivity contribution is 7.09. The van der Waals surface area contributed by atoms with Crippen LogP contribution in [0, 0.1) is 0 Å². The molecule has 4 nitrogen and oxygen atoms in total. The molecule has 2 N–H and O–H groups in total. The van der Waals surface area contributed by atoms with Gasteiger partial charge >= 0.3 is 0 Å². The molecule has 0 fully saturated rings. The average Bonchev–Trinajstić information content (AvgIpc) is 3.02. The van der Waals surface area contributed by atoms with Gasteiger partial charge in [-0.1, -0.05) is 26.0 Å². The number of carbonyl (C=O) groups is 1. The summed E-state index contributed by atoms with van der Waals surface area (Å²) < 4.78 is 0. The van der Waals surface area contributed by atoms with Crippen molar-refractivity contribution in [2.24, 2.45) is 5.73 Å². The molecule has 0 atom stereocenters. The summed E-state index contributed by atoms with van der Waals surface area (Å²) in [4.78, 5) is 19.2. The second-order valence-electron chi connectivity index (χ2n) is 6.27. The number of rotatable bonds is 4. The Morgan fingerprint density at radius 3 is 3.00 bits per heavy atom. The van der Waals surface area contributed by atoms with Crippen molar-refractivity contribution in [2.75, 3.05) is 18.0 Å². The molecule has 1 aliphatic heterocycles. The Morgan fingerprint density at radius 1 is 1.43 bits per heavy atom. The summed E-state index contributed by atoms with van der Waals surface area (Å²) in [6.07, 6.45) is 2.77. The maximum absolute atomic E-state index is 12.8. The Balaban J connectivity index is 1.88. The summed E-state index contributed by atoms with van der Waals surface area (Å²) in [5, 5.41) is 2.78. The minimum absolute atomic E-state index is 0.00256. The third-order valence-electron chi connectivity index (χ3n) is 4.26. The minimum atomic E-state index is 0.00256. The van der Waals surface area contributed by atoms with E-state index < -0.39 is 0 Å². The second kappa shape index (κ2) is 6.81. The van der Waals surface area contributed by atoms with E-state index >= 15 is 0 Å².